The molecule has 2 aromatic carbocycles. The number of benzene rings is 2. The SMILES string of the molecule is Cc1cc(C(=O)Nc2ccc3c(c2)C(=O)N2CCC[C@H]2C(=O)N3)ccc1-n1cccc1. The number of amides is 3. The van der Waals surface area contributed by atoms with Crippen LogP contribution in [0.3, 0.4) is 0 Å². The average Bonchev–Trinajstić information content (AvgIpc) is 3.45. The molecule has 3 heterocycles. The van der Waals surface area contributed by atoms with Gasteiger partial charge in [-0.05, 0) is 73.9 Å². The maximum Gasteiger partial charge on any atom is 0.256 e. The third-order valence-electron chi connectivity index (χ3n) is 5.92. The van der Waals surface area contributed by atoms with E-state index in [4.69, 9.17) is 0 Å². The second-order valence-corrected chi connectivity index (χ2v) is 7.95. The number of hydrogen-bond donors (Lipinski definition) is 2. The molecular formula is C24H22N4O3. The number of nitrogens with one attached hydrogen (secondary N) is 2. The van der Waals surface area contributed by atoms with Crippen LogP contribution in [0.4, 0.5) is 11.4 Å². The molecule has 2 aliphatic heterocycles. The zero-order chi connectivity index (χ0) is 21.5. The number of fused-ring (bicyclic) bond motifs is 2. The van der Waals surface area contributed by atoms with E-state index < -0.39 is 6.04 Å². The number of rotatable bonds is 3. The minimum atomic E-state index is -0.417. The summed E-state index contributed by atoms with van der Waals surface area (Å²) in [7, 11) is 0. The summed E-state index contributed by atoms with van der Waals surface area (Å²) in [5, 5.41) is 5.72. The molecule has 7 nitrogen and oxygen atoms in total. The zero-order valence-electron chi connectivity index (χ0n) is 17.1. The van der Waals surface area contributed by atoms with Crippen LogP contribution in [0, 0.1) is 6.92 Å². The molecule has 7 heteroatoms. The molecule has 5 rings (SSSR count). The highest BCUT2D eigenvalue weighted by Gasteiger charge is 2.38. The summed E-state index contributed by atoms with van der Waals surface area (Å²) in [5.74, 6) is -0.593. The Kier molecular flexibility index (Phi) is 4.58. The van der Waals surface area contributed by atoms with Crippen LogP contribution in [0.5, 0.6) is 0 Å². The van der Waals surface area contributed by atoms with Gasteiger partial charge < -0.3 is 20.1 Å². The van der Waals surface area contributed by atoms with Gasteiger partial charge in [-0.1, -0.05) is 0 Å². The van der Waals surface area contributed by atoms with E-state index in [1.54, 1.807) is 29.2 Å². The highest BCUT2D eigenvalue weighted by Crippen LogP contribution is 2.30. The Balaban J connectivity index is 1.39. The number of anilines is 2. The molecule has 3 aromatic rings. The van der Waals surface area contributed by atoms with E-state index in [0.29, 0.717) is 35.5 Å². The van der Waals surface area contributed by atoms with Gasteiger partial charge >= 0.3 is 0 Å². The Hall–Kier alpha value is -3.87. The number of nitrogens with zero attached hydrogens (tertiary/aromatic N) is 2. The molecule has 0 spiro atoms. The van der Waals surface area contributed by atoms with Crippen molar-refractivity contribution >= 4 is 29.1 Å². The van der Waals surface area contributed by atoms with Gasteiger partial charge in [0.05, 0.1) is 11.3 Å². The Labute approximate surface area is 179 Å². The third-order valence-corrected chi connectivity index (χ3v) is 5.92. The first-order valence-corrected chi connectivity index (χ1v) is 10.3. The number of aryl methyl sites for hydroxylation is 1. The van der Waals surface area contributed by atoms with Crippen LogP contribution < -0.4 is 10.6 Å². The molecule has 31 heavy (non-hydrogen) atoms. The van der Waals surface area contributed by atoms with Crippen molar-refractivity contribution in [3.05, 3.63) is 77.6 Å². The van der Waals surface area contributed by atoms with Gasteiger partial charge in [0.25, 0.3) is 11.8 Å². The molecule has 3 amide bonds. The van der Waals surface area contributed by atoms with Gasteiger partial charge in [-0.15, -0.1) is 0 Å². The smallest absolute Gasteiger partial charge is 0.256 e. The third kappa shape index (κ3) is 3.38. The lowest BCUT2D eigenvalue weighted by Gasteiger charge is -2.20. The summed E-state index contributed by atoms with van der Waals surface area (Å²) < 4.78 is 2.00. The van der Waals surface area contributed by atoms with Crippen LogP contribution in [0.1, 0.15) is 39.1 Å². The molecule has 0 unspecified atom stereocenters. The molecular weight excluding hydrogens is 392 g/mol. The van der Waals surface area contributed by atoms with Crippen molar-refractivity contribution in [1.82, 2.24) is 9.47 Å². The highest BCUT2D eigenvalue weighted by atomic mass is 16.2. The number of hydrogen-bond acceptors (Lipinski definition) is 3. The van der Waals surface area contributed by atoms with E-state index in [1.807, 2.05) is 48.1 Å². The van der Waals surface area contributed by atoms with Crippen molar-refractivity contribution in [3.8, 4) is 5.69 Å². The molecule has 1 fully saturated rings. The van der Waals surface area contributed by atoms with Crippen LogP contribution in [0.25, 0.3) is 5.69 Å². The van der Waals surface area contributed by atoms with Crippen molar-refractivity contribution in [2.75, 3.05) is 17.2 Å². The fraction of sp³-hybridized carbons (Fsp3) is 0.208. The van der Waals surface area contributed by atoms with Crippen LogP contribution in [0.2, 0.25) is 0 Å². The van der Waals surface area contributed by atoms with Gasteiger partial charge in [0.1, 0.15) is 6.04 Å². The molecule has 156 valence electrons. The van der Waals surface area contributed by atoms with Crippen LogP contribution >= 0.6 is 0 Å². The summed E-state index contributed by atoms with van der Waals surface area (Å²) >= 11 is 0. The Morgan fingerprint density at radius 3 is 2.68 bits per heavy atom. The van der Waals surface area contributed by atoms with E-state index in [-0.39, 0.29) is 17.7 Å². The van der Waals surface area contributed by atoms with Gasteiger partial charge in [0.2, 0.25) is 5.91 Å². The first-order valence-electron chi connectivity index (χ1n) is 10.3. The summed E-state index contributed by atoms with van der Waals surface area (Å²) in [5.41, 5.74) is 3.90. The van der Waals surface area contributed by atoms with Crippen molar-refractivity contribution in [1.29, 1.82) is 0 Å². The molecule has 1 atom stereocenters. The minimum Gasteiger partial charge on any atom is -0.327 e. The van der Waals surface area contributed by atoms with Gasteiger partial charge in [0.15, 0.2) is 0 Å². The zero-order valence-corrected chi connectivity index (χ0v) is 17.1. The monoisotopic (exact) mass is 414 g/mol. The van der Waals surface area contributed by atoms with E-state index in [9.17, 15) is 14.4 Å². The molecule has 1 aromatic heterocycles. The number of carbonyl (C=O) groups excluding carboxylic acids is 3. The normalized spacial score (nSPS) is 17.6. The molecule has 0 aliphatic carbocycles. The molecule has 0 saturated carbocycles. The van der Waals surface area contributed by atoms with Crippen LogP contribution in [-0.2, 0) is 4.79 Å². The molecule has 2 aliphatic rings. The maximum absolute atomic E-state index is 13.0. The van der Waals surface area contributed by atoms with Gasteiger partial charge in [-0.25, -0.2) is 0 Å². The van der Waals surface area contributed by atoms with Crippen LogP contribution in [0.15, 0.2) is 60.9 Å². The van der Waals surface area contributed by atoms with Gasteiger partial charge in [-0.3, -0.25) is 14.4 Å². The van der Waals surface area contributed by atoms with E-state index >= 15 is 0 Å². The van der Waals surface area contributed by atoms with Crippen molar-refractivity contribution < 1.29 is 14.4 Å². The Morgan fingerprint density at radius 1 is 1.10 bits per heavy atom. The number of carbonyl (C=O) groups is 3. The van der Waals surface area contributed by atoms with E-state index in [2.05, 4.69) is 10.6 Å². The van der Waals surface area contributed by atoms with Gasteiger partial charge in [-0.2, -0.15) is 0 Å². The summed E-state index contributed by atoms with van der Waals surface area (Å²) in [6.07, 6.45) is 5.40. The number of aromatic nitrogens is 1. The summed E-state index contributed by atoms with van der Waals surface area (Å²) in [6.45, 7) is 2.53. The second kappa shape index (κ2) is 7.43. The topological polar surface area (TPSA) is 83.4 Å². The quantitative estimate of drug-likeness (QED) is 0.687. The Morgan fingerprint density at radius 2 is 1.90 bits per heavy atom. The fourth-order valence-corrected chi connectivity index (χ4v) is 4.35. The van der Waals surface area contributed by atoms with E-state index in [1.165, 1.54) is 0 Å². The standard InChI is InChI=1S/C24H22N4O3/c1-15-13-16(6-9-20(15)27-10-2-3-11-27)22(29)25-17-7-8-19-18(14-17)24(31)28-12-4-5-21(28)23(30)26-19/h2-3,6-11,13-14,21H,4-5,12H2,1H3,(H,25,29)(H,26,30)/t21-/m0/s1. The summed E-state index contributed by atoms with van der Waals surface area (Å²) in [4.78, 5) is 39.9. The van der Waals surface area contributed by atoms with E-state index in [0.717, 1.165) is 17.7 Å². The lowest BCUT2D eigenvalue weighted by atomic mass is 10.1. The Bertz CT molecular complexity index is 1200. The minimum absolute atomic E-state index is 0.153. The van der Waals surface area contributed by atoms with Crippen molar-refractivity contribution in [2.24, 2.45) is 0 Å². The molecule has 0 bridgehead atoms. The lowest BCUT2D eigenvalue weighted by Crippen LogP contribution is -2.40. The first kappa shape index (κ1) is 19.1. The van der Waals surface area contributed by atoms with Crippen molar-refractivity contribution in [2.45, 2.75) is 25.8 Å². The lowest BCUT2D eigenvalue weighted by molar-refractivity contribution is -0.119. The molecule has 0 radical (unpaired) electrons. The predicted octanol–water partition coefficient (Wildman–Crippen LogP) is 3.59. The van der Waals surface area contributed by atoms with Crippen molar-refractivity contribution in [3.63, 3.8) is 0 Å². The first-order chi connectivity index (χ1) is 15.0. The summed E-state index contributed by atoms with van der Waals surface area (Å²) in [6, 6.07) is 14.0. The maximum atomic E-state index is 13.0. The largest absolute Gasteiger partial charge is 0.327 e. The highest BCUT2D eigenvalue weighted by molar-refractivity contribution is 6.11. The molecule has 1 saturated heterocycles. The fourth-order valence-electron chi connectivity index (χ4n) is 4.35. The second-order valence-electron chi connectivity index (χ2n) is 7.95. The molecule has 2 N–H and O–H groups in total. The van der Waals surface area contributed by atoms with Gasteiger partial charge in [0, 0.05) is 35.9 Å². The average molecular weight is 414 g/mol. The predicted molar refractivity (Wildman–Crippen MR) is 118 cm³/mol. The van der Waals surface area contributed by atoms with Crippen LogP contribution in [-0.4, -0.2) is 39.8 Å².